The molecule has 3 aromatic rings. The first kappa shape index (κ1) is 21.8. The SMILES string of the molecule is COc1cc([C@@H]2CC(=O)C3=C(C2)Nc2ccccc2N[C@H]3c2ccncc2)cc(OC)c1OC. The number of nitrogens with zero attached hydrogens (tertiary/aromatic N) is 1. The number of carbonyl (C=O) groups is 1. The third kappa shape index (κ3) is 3.83. The minimum Gasteiger partial charge on any atom is -0.493 e. The lowest BCUT2D eigenvalue weighted by atomic mass is 9.78. The fraction of sp³-hybridized carbons (Fsp3) is 0.259. The Morgan fingerprint density at radius 3 is 2.18 bits per heavy atom. The van der Waals surface area contributed by atoms with Crippen molar-refractivity contribution in [2.75, 3.05) is 32.0 Å². The third-order valence-electron chi connectivity index (χ3n) is 6.51. The van der Waals surface area contributed by atoms with Crippen molar-refractivity contribution < 1.29 is 19.0 Å². The Bertz CT molecular complexity index is 1230. The van der Waals surface area contributed by atoms with Crippen LogP contribution in [0.5, 0.6) is 17.2 Å². The molecule has 2 N–H and O–H groups in total. The molecule has 0 radical (unpaired) electrons. The van der Waals surface area contributed by atoms with Gasteiger partial charge in [-0.05, 0) is 59.9 Å². The van der Waals surface area contributed by atoms with Crippen LogP contribution in [0.1, 0.15) is 35.9 Å². The average molecular weight is 458 g/mol. The molecular formula is C27H27N3O4. The van der Waals surface area contributed by atoms with Gasteiger partial charge in [-0.15, -0.1) is 0 Å². The first-order chi connectivity index (χ1) is 16.6. The van der Waals surface area contributed by atoms with Gasteiger partial charge in [0.2, 0.25) is 5.75 Å². The highest BCUT2D eigenvalue weighted by Gasteiger charge is 2.36. The lowest BCUT2D eigenvalue weighted by Crippen LogP contribution is -2.27. The molecule has 174 valence electrons. The average Bonchev–Trinajstić information content (AvgIpc) is 3.05. The van der Waals surface area contributed by atoms with E-state index in [0.717, 1.165) is 33.8 Å². The number of carbonyl (C=O) groups excluding carboxylic acids is 1. The Morgan fingerprint density at radius 1 is 0.853 bits per heavy atom. The molecule has 2 atom stereocenters. The maximum absolute atomic E-state index is 13.7. The number of hydrogen-bond donors (Lipinski definition) is 2. The molecule has 34 heavy (non-hydrogen) atoms. The van der Waals surface area contributed by atoms with E-state index >= 15 is 0 Å². The number of pyridine rings is 1. The van der Waals surface area contributed by atoms with Crippen LogP contribution in [0.25, 0.3) is 0 Å². The van der Waals surface area contributed by atoms with Crippen LogP contribution in [0, 0.1) is 0 Å². The number of allylic oxidation sites excluding steroid dienone is 1. The molecule has 0 amide bonds. The molecular weight excluding hydrogens is 430 g/mol. The summed E-state index contributed by atoms with van der Waals surface area (Å²) in [6.07, 6.45) is 4.58. The quantitative estimate of drug-likeness (QED) is 0.552. The van der Waals surface area contributed by atoms with E-state index in [-0.39, 0.29) is 17.7 Å². The van der Waals surface area contributed by atoms with Gasteiger partial charge in [0, 0.05) is 30.1 Å². The van der Waals surface area contributed by atoms with Gasteiger partial charge in [-0.3, -0.25) is 9.78 Å². The number of methoxy groups -OCH3 is 3. The van der Waals surface area contributed by atoms with Crippen molar-refractivity contribution in [3.8, 4) is 17.2 Å². The second-order valence-corrected chi connectivity index (χ2v) is 8.41. The lowest BCUT2D eigenvalue weighted by Gasteiger charge is -2.30. The van der Waals surface area contributed by atoms with E-state index in [9.17, 15) is 4.79 Å². The summed E-state index contributed by atoms with van der Waals surface area (Å²) in [5.41, 5.74) is 5.57. The van der Waals surface area contributed by atoms with Crippen LogP contribution < -0.4 is 24.8 Å². The summed E-state index contributed by atoms with van der Waals surface area (Å²) in [4.78, 5) is 17.8. The van der Waals surface area contributed by atoms with Crippen LogP contribution in [0.4, 0.5) is 11.4 Å². The zero-order chi connectivity index (χ0) is 23.7. The zero-order valence-electron chi connectivity index (χ0n) is 19.4. The molecule has 2 aromatic carbocycles. The smallest absolute Gasteiger partial charge is 0.203 e. The molecule has 7 heteroatoms. The van der Waals surface area contributed by atoms with Crippen molar-refractivity contribution in [1.29, 1.82) is 0 Å². The van der Waals surface area contributed by atoms with Gasteiger partial charge < -0.3 is 24.8 Å². The highest BCUT2D eigenvalue weighted by Crippen LogP contribution is 2.47. The summed E-state index contributed by atoms with van der Waals surface area (Å²) >= 11 is 0. The standard InChI is InChI=1S/C27H27N3O4/c1-32-23-14-18(15-24(33-2)27(23)34-3)17-12-21-25(22(31)13-17)26(16-8-10-28-11-9-16)30-20-7-5-4-6-19(20)29-21/h4-11,14-15,17,26,29-30H,12-13H2,1-3H3/t17-,26-/m0/s1. The molecule has 0 bridgehead atoms. The number of para-hydroxylation sites is 2. The lowest BCUT2D eigenvalue weighted by molar-refractivity contribution is -0.116. The van der Waals surface area contributed by atoms with Gasteiger partial charge in [0.1, 0.15) is 0 Å². The number of aromatic nitrogens is 1. The van der Waals surface area contributed by atoms with E-state index < -0.39 is 0 Å². The van der Waals surface area contributed by atoms with Crippen molar-refractivity contribution in [1.82, 2.24) is 4.98 Å². The monoisotopic (exact) mass is 457 g/mol. The van der Waals surface area contributed by atoms with Crippen LogP contribution in [-0.2, 0) is 4.79 Å². The Hall–Kier alpha value is -4.00. The summed E-state index contributed by atoms with van der Waals surface area (Å²) in [6.45, 7) is 0. The molecule has 2 aliphatic rings. The largest absolute Gasteiger partial charge is 0.493 e. The summed E-state index contributed by atoms with van der Waals surface area (Å²) in [5.74, 6) is 1.78. The first-order valence-corrected chi connectivity index (χ1v) is 11.2. The number of Topliss-reactive ketones (excluding diaryl/α,β-unsaturated/α-hetero) is 1. The number of ketones is 1. The number of benzene rings is 2. The molecule has 1 aliphatic heterocycles. The van der Waals surface area contributed by atoms with Crippen LogP contribution in [0.2, 0.25) is 0 Å². The van der Waals surface area contributed by atoms with E-state index in [1.165, 1.54) is 0 Å². The van der Waals surface area contributed by atoms with Gasteiger partial charge in [0.05, 0.1) is 38.7 Å². The minimum absolute atomic E-state index is 0.0317. The molecule has 5 rings (SSSR count). The maximum atomic E-state index is 13.7. The summed E-state index contributed by atoms with van der Waals surface area (Å²) in [6, 6.07) is 15.5. The predicted molar refractivity (Wildman–Crippen MR) is 131 cm³/mol. The number of nitrogens with one attached hydrogen (secondary N) is 2. The van der Waals surface area contributed by atoms with Crippen molar-refractivity contribution in [2.24, 2.45) is 0 Å². The van der Waals surface area contributed by atoms with Gasteiger partial charge in [0.15, 0.2) is 17.3 Å². The van der Waals surface area contributed by atoms with Crippen LogP contribution in [0.3, 0.4) is 0 Å². The summed E-state index contributed by atoms with van der Waals surface area (Å²) < 4.78 is 16.6. The fourth-order valence-corrected chi connectivity index (χ4v) is 4.87. The van der Waals surface area contributed by atoms with Crippen LogP contribution >= 0.6 is 0 Å². The number of fused-ring (bicyclic) bond motifs is 1. The number of ether oxygens (including phenoxy) is 3. The number of hydrogen-bond acceptors (Lipinski definition) is 7. The Kier molecular flexibility index (Phi) is 5.84. The topological polar surface area (TPSA) is 81.7 Å². The first-order valence-electron chi connectivity index (χ1n) is 11.2. The highest BCUT2D eigenvalue weighted by molar-refractivity contribution is 6.01. The zero-order valence-corrected chi connectivity index (χ0v) is 19.4. The number of rotatable bonds is 5. The predicted octanol–water partition coefficient (Wildman–Crippen LogP) is 5.09. The van der Waals surface area contributed by atoms with Crippen LogP contribution in [0.15, 0.2) is 72.2 Å². The Morgan fingerprint density at radius 2 is 1.53 bits per heavy atom. The van der Waals surface area contributed by atoms with Crippen molar-refractivity contribution >= 4 is 17.2 Å². The molecule has 0 spiro atoms. The molecule has 7 nitrogen and oxygen atoms in total. The van der Waals surface area contributed by atoms with Gasteiger partial charge >= 0.3 is 0 Å². The van der Waals surface area contributed by atoms with Crippen LogP contribution in [-0.4, -0.2) is 32.1 Å². The van der Waals surface area contributed by atoms with Gasteiger partial charge in [-0.1, -0.05) is 12.1 Å². The van der Waals surface area contributed by atoms with Crippen molar-refractivity contribution in [3.63, 3.8) is 0 Å². The molecule has 1 aromatic heterocycles. The highest BCUT2D eigenvalue weighted by atomic mass is 16.5. The van der Waals surface area contributed by atoms with Gasteiger partial charge in [-0.25, -0.2) is 0 Å². The Balaban J connectivity index is 1.59. The minimum atomic E-state index is -0.262. The molecule has 0 saturated carbocycles. The van der Waals surface area contributed by atoms with E-state index in [1.807, 2.05) is 48.5 Å². The van der Waals surface area contributed by atoms with E-state index in [2.05, 4.69) is 15.6 Å². The molecule has 1 aliphatic carbocycles. The fourth-order valence-electron chi connectivity index (χ4n) is 4.87. The molecule has 0 unspecified atom stereocenters. The summed E-state index contributed by atoms with van der Waals surface area (Å²) in [7, 11) is 4.78. The van der Waals surface area contributed by atoms with Gasteiger partial charge in [-0.2, -0.15) is 0 Å². The van der Waals surface area contributed by atoms with Gasteiger partial charge in [0.25, 0.3) is 0 Å². The second kappa shape index (κ2) is 9.09. The summed E-state index contributed by atoms with van der Waals surface area (Å²) in [5, 5.41) is 7.15. The van der Waals surface area contributed by atoms with E-state index in [0.29, 0.717) is 30.1 Å². The normalized spacial score (nSPS) is 19.2. The molecule has 0 fully saturated rings. The molecule has 2 heterocycles. The maximum Gasteiger partial charge on any atom is 0.203 e. The van der Waals surface area contributed by atoms with E-state index in [1.54, 1.807) is 33.7 Å². The number of anilines is 2. The van der Waals surface area contributed by atoms with Crippen molar-refractivity contribution in [2.45, 2.75) is 24.8 Å². The second-order valence-electron chi connectivity index (χ2n) is 8.41. The van der Waals surface area contributed by atoms with Crippen molar-refractivity contribution in [3.05, 3.63) is 83.3 Å². The third-order valence-corrected chi connectivity index (χ3v) is 6.51. The van der Waals surface area contributed by atoms with E-state index in [4.69, 9.17) is 14.2 Å². The Labute approximate surface area is 198 Å². The molecule has 0 saturated heterocycles.